The Hall–Kier alpha value is -0.120. The monoisotopic (exact) mass is 302 g/mol. The van der Waals surface area contributed by atoms with Crippen molar-refractivity contribution < 1.29 is 14.2 Å². The first-order valence-corrected chi connectivity index (χ1v) is 9.15. The van der Waals surface area contributed by atoms with Gasteiger partial charge in [0, 0.05) is 39.6 Å². The molecule has 0 aromatic heterocycles. The van der Waals surface area contributed by atoms with Gasteiger partial charge in [0.15, 0.2) is 0 Å². The van der Waals surface area contributed by atoms with Crippen LogP contribution in [0.25, 0.3) is 0 Å². The van der Waals surface area contributed by atoms with Crippen molar-refractivity contribution in [1.82, 2.24) is 0 Å². The Balaban J connectivity index is 2.90. The molecule has 0 saturated carbocycles. The predicted octanol–water partition coefficient (Wildman–Crippen LogP) is 4.98. The van der Waals surface area contributed by atoms with Crippen LogP contribution in [0.5, 0.6) is 0 Å². The Kier molecular flexibility index (Phi) is 19.8. The van der Waals surface area contributed by atoms with E-state index in [2.05, 4.69) is 13.8 Å². The smallest absolute Gasteiger partial charge is 0.0466 e. The largest absolute Gasteiger partial charge is 0.381 e. The first-order valence-electron chi connectivity index (χ1n) is 9.15. The van der Waals surface area contributed by atoms with Gasteiger partial charge in [-0.1, -0.05) is 39.5 Å². The molecule has 0 atom stereocenters. The van der Waals surface area contributed by atoms with Crippen molar-refractivity contribution in [3.8, 4) is 0 Å². The van der Waals surface area contributed by atoms with Crippen LogP contribution >= 0.6 is 0 Å². The molecule has 0 radical (unpaired) electrons. The normalized spacial score (nSPS) is 11.1. The lowest BCUT2D eigenvalue weighted by Crippen LogP contribution is -2.03. The highest BCUT2D eigenvalue weighted by atomic mass is 16.5. The van der Waals surface area contributed by atoms with Crippen molar-refractivity contribution >= 4 is 0 Å². The van der Waals surface area contributed by atoms with Gasteiger partial charge in [-0.25, -0.2) is 0 Å². The zero-order chi connectivity index (χ0) is 15.4. The first-order chi connectivity index (χ1) is 10.4. The van der Waals surface area contributed by atoms with Crippen molar-refractivity contribution in [2.45, 2.75) is 78.1 Å². The molecule has 128 valence electrons. The van der Waals surface area contributed by atoms with Crippen molar-refractivity contribution in [1.29, 1.82) is 0 Å². The van der Waals surface area contributed by atoms with E-state index >= 15 is 0 Å². The number of ether oxygens (including phenoxy) is 3. The molecular formula is C18H38O3. The maximum Gasteiger partial charge on any atom is 0.0466 e. The Morgan fingerprint density at radius 2 is 0.619 bits per heavy atom. The van der Waals surface area contributed by atoms with Crippen LogP contribution in [-0.2, 0) is 14.2 Å². The van der Waals surface area contributed by atoms with E-state index in [1.807, 2.05) is 0 Å². The SMILES string of the molecule is CCCCCOCCCCOCCCCOCCCCC. The molecule has 0 bridgehead atoms. The van der Waals surface area contributed by atoms with Crippen molar-refractivity contribution in [2.75, 3.05) is 39.6 Å². The molecule has 0 fully saturated rings. The van der Waals surface area contributed by atoms with Gasteiger partial charge in [-0.05, 0) is 38.5 Å². The van der Waals surface area contributed by atoms with Crippen LogP contribution in [0.4, 0.5) is 0 Å². The molecule has 3 nitrogen and oxygen atoms in total. The third kappa shape index (κ3) is 19.9. The molecule has 0 spiro atoms. The number of hydrogen-bond donors (Lipinski definition) is 0. The van der Waals surface area contributed by atoms with Gasteiger partial charge in [0.05, 0.1) is 0 Å². The highest BCUT2D eigenvalue weighted by Crippen LogP contribution is 1.99. The summed E-state index contributed by atoms with van der Waals surface area (Å²) in [5.41, 5.74) is 0. The van der Waals surface area contributed by atoms with E-state index in [1.54, 1.807) is 0 Å². The van der Waals surface area contributed by atoms with E-state index in [0.717, 1.165) is 65.3 Å². The van der Waals surface area contributed by atoms with Crippen molar-refractivity contribution in [2.24, 2.45) is 0 Å². The fourth-order valence-electron chi connectivity index (χ4n) is 2.03. The molecule has 0 amide bonds. The minimum absolute atomic E-state index is 0.871. The first kappa shape index (κ1) is 20.9. The zero-order valence-corrected chi connectivity index (χ0v) is 14.5. The Morgan fingerprint density at radius 3 is 0.857 bits per heavy atom. The lowest BCUT2D eigenvalue weighted by Gasteiger charge is -2.06. The molecule has 0 saturated heterocycles. The summed E-state index contributed by atoms with van der Waals surface area (Å²) < 4.78 is 16.7. The van der Waals surface area contributed by atoms with Crippen LogP contribution in [0, 0.1) is 0 Å². The molecule has 0 aromatic carbocycles. The van der Waals surface area contributed by atoms with Gasteiger partial charge in [0.25, 0.3) is 0 Å². The molecule has 0 aromatic rings. The fraction of sp³-hybridized carbons (Fsp3) is 1.00. The van der Waals surface area contributed by atoms with E-state index in [1.165, 1.54) is 38.5 Å². The molecule has 21 heavy (non-hydrogen) atoms. The van der Waals surface area contributed by atoms with E-state index in [9.17, 15) is 0 Å². The summed E-state index contributed by atoms with van der Waals surface area (Å²) in [6.45, 7) is 9.80. The highest BCUT2D eigenvalue weighted by molar-refractivity contribution is 4.43. The number of hydrogen-bond acceptors (Lipinski definition) is 3. The standard InChI is InChI=1S/C18H38O3/c1-3-5-7-13-19-15-9-11-17-21-18-12-10-16-20-14-8-6-4-2/h3-18H2,1-2H3. The van der Waals surface area contributed by atoms with Gasteiger partial charge in [-0.2, -0.15) is 0 Å². The summed E-state index contributed by atoms with van der Waals surface area (Å²) in [5, 5.41) is 0. The molecule has 3 heteroatoms. The number of rotatable bonds is 18. The maximum atomic E-state index is 5.61. The number of unbranched alkanes of at least 4 members (excludes halogenated alkanes) is 6. The van der Waals surface area contributed by atoms with Crippen molar-refractivity contribution in [3.05, 3.63) is 0 Å². The van der Waals surface area contributed by atoms with Crippen LogP contribution < -0.4 is 0 Å². The van der Waals surface area contributed by atoms with Crippen LogP contribution in [-0.4, -0.2) is 39.6 Å². The molecule has 0 aliphatic heterocycles. The summed E-state index contributed by atoms with van der Waals surface area (Å²) >= 11 is 0. The molecule has 0 aliphatic carbocycles. The molecule has 0 rings (SSSR count). The van der Waals surface area contributed by atoms with Crippen LogP contribution in [0.15, 0.2) is 0 Å². The predicted molar refractivity (Wildman–Crippen MR) is 90.0 cm³/mol. The van der Waals surface area contributed by atoms with E-state index < -0.39 is 0 Å². The summed E-state index contributed by atoms with van der Waals surface area (Å²) in [4.78, 5) is 0. The van der Waals surface area contributed by atoms with E-state index in [0.29, 0.717) is 0 Å². The molecule has 0 N–H and O–H groups in total. The van der Waals surface area contributed by atoms with Gasteiger partial charge in [0.2, 0.25) is 0 Å². The third-order valence-corrected chi connectivity index (χ3v) is 3.44. The summed E-state index contributed by atoms with van der Waals surface area (Å²) in [6, 6.07) is 0. The molecule has 0 heterocycles. The minimum Gasteiger partial charge on any atom is -0.381 e. The van der Waals surface area contributed by atoms with Gasteiger partial charge in [-0.3, -0.25) is 0 Å². The van der Waals surface area contributed by atoms with E-state index in [4.69, 9.17) is 14.2 Å². The summed E-state index contributed by atoms with van der Waals surface area (Å²) in [7, 11) is 0. The van der Waals surface area contributed by atoms with E-state index in [-0.39, 0.29) is 0 Å². The molecule has 0 unspecified atom stereocenters. The second-order valence-electron chi connectivity index (χ2n) is 5.67. The summed E-state index contributed by atoms with van der Waals surface area (Å²) in [5.74, 6) is 0. The molecule has 0 aliphatic rings. The Bertz CT molecular complexity index is 156. The van der Waals surface area contributed by atoms with Crippen LogP contribution in [0.3, 0.4) is 0 Å². The van der Waals surface area contributed by atoms with Gasteiger partial charge < -0.3 is 14.2 Å². The van der Waals surface area contributed by atoms with Crippen LogP contribution in [0.2, 0.25) is 0 Å². The third-order valence-electron chi connectivity index (χ3n) is 3.44. The average molecular weight is 302 g/mol. The Morgan fingerprint density at radius 1 is 0.381 bits per heavy atom. The topological polar surface area (TPSA) is 27.7 Å². The fourth-order valence-corrected chi connectivity index (χ4v) is 2.03. The second kappa shape index (κ2) is 19.9. The Labute approximate surface area is 132 Å². The maximum absolute atomic E-state index is 5.61. The highest BCUT2D eigenvalue weighted by Gasteiger charge is 1.93. The molecular weight excluding hydrogens is 264 g/mol. The summed E-state index contributed by atoms with van der Waals surface area (Å²) in [6.07, 6.45) is 12.0. The lowest BCUT2D eigenvalue weighted by molar-refractivity contribution is 0.0892. The minimum atomic E-state index is 0.871. The second-order valence-corrected chi connectivity index (χ2v) is 5.67. The zero-order valence-electron chi connectivity index (χ0n) is 14.5. The van der Waals surface area contributed by atoms with Crippen molar-refractivity contribution in [3.63, 3.8) is 0 Å². The lowest BCUT2D eigenvalue weighted by atomic mass is 10.3. The van der Waals surface area contributed by atoms with Gasteiger partial charge >= 0.3 is 0 Å². The average Bonchev–Trinajstić information content (AvgIpc) is 2.50. The quantitative estimate of drug-likeness (QED) is 0.334. The van der Waals surface area contributed by atoms with Gasteiger partial charge in [-0.15, -0.1) is 0 Å². The van der Waals surface area contributed by atoms with Gasteiger partial charge in [0.1, 0.15) is 0 Å². The van der Waals surface area contributed by atoms with Crippen LogP contribution in [0.1, 0.15) is 78.1 Å².